The van der Waals surface area contributed by atoms with Crippen LogP contribution in [0.25, 0.3) is 0 Å². The molecule has 0 atom stereocenters. The van der Waals surface area contributed by atoms with Crippen LogP contribution in [0.4, 0.5) is 0 Å². The third-order valence-electron chi connectivity index (χ3n) is 1.97. The van der Waals surface area contributed by atoms with Gasteiger partial charge in [-0.25, -0.2) is 4.79 Å². The molecule has 1 aromatic rings. The van der Waals surface area contributed by atoms with Crippen LogP contribution in [-0.2, 0) is 0 Å². The molecule has 0 bridgehead atoms. The van der Waals surface area contributed by atoms with Crippen LogP contribution in [0.2, 0.25) is 0 Å². The summed E-state index contributed by atoms with van der Waals surface area (Å²) in [5, 5.41) is 8.80. The summed E-state index contributed by atoms with van der Waals surface area (Å²) in [4.78, 5) is 12.7. The van der Waals surface area contributed by atoms with Crippen molar-refractivity contribution in [3.05, 3.63) is 27.3 Å². The van der Waals surface area contributed by atoms with Crippen molar-refractivity contribution in [2.75, 3.05) is 27.2 Å². The number of carboxylic acids is 1. The summed E-state index contributed by atoms with van der Waals surface area (Å²) in [7, 11) is 3.95. The van der Waals surface area contributed by atoms with E-state index in [1.165, 1.54) is 0 Å². The van der Waals surface area contributed by atoms with E-state index in [-0.39, 0.29) is 5.56 Å². The van der Waals surface area contributed by atoms with Crippen LogP contribution in [0, 0.1) is 3.57 Å². The van der Waals surface area contributed by atoms with Crippen LogP contribution in [0.5, 0.6) is 5.75 Å². The molecule has 0 fully saturated rings. The van der Waals surface area contributed by atoms with Gasteiger partial charge in [0.2, 0.25) is 0 Å². The van der Waals surface area contributed by atoms with E-state index in [1.807, 2.05) is 19.0 Å². The maximum absolute atomic E-state index is 10.7. The van der Waals surface area contributed by atoms with Gasteiger partial charge < -0.3 is 14.7 Å². The first kappa shape index (κ1) is 13.2. The molecule has 16 heavy (non-hydrogen) atoms. The minimum atomic E-state index is -0.919. The third-order valence-corrected chi connectivity index (χ3v) is 2.82. The predicted molar refractivity (Wildman–Crippen MR) is 70.2 cm³/mol. The molecule has 88 valence electrons. The van der Waals surface area contributed by atoms with Gasteiger partial charge in [-0.05, 0) is 54.9 Å². The second-order valence-electron chi connectivity index (χ2n) is 3.60. The van der Waals surface area contributed by atoms with E-state index in [4.69, 9.17) is 9.84 Å². The second kappa shape index (κ2) is 6.05. The molecule has 1 aromatic carbocycles. The second-order valence-corrected chi connectivity index (χ2v) is 4.76. The van der Waals surface area contributed by atoms with Crippen molar-refractivity contribution in [3.8, 4) is 5.75 Å². The van der Waals surface area contributed by atoms with Crippen LogP contribution in [0.1, 0.15) is 10.4 Å². The predicted octanol–water partition coefficient (Wildman–Crippen LogP) is 1.93. The van der Waals surface area contributed by atoms with Gasteiger partial charge in [-0.1, -0.05) is 0 Å². The minimum absolute atomic E-state index is 0.282. The van der Waals surface area contributed by atoms with Gasteiger partial charge >= 0.3 is 5.97 Å². The number of likely N-dealkylation sites (N-methyl/N-ethyl adjacent to an activating group) is 1. The van der Waals surface area contributed by atoms with Gasteiger partial charge in [0.05, 0.1) is 9.13 Å². The molecular formula is C11H14INO3. The molecule has 0 heterocycles. The van der Waals surface area contributed by atoms with Gasteiger partial charge in [0.25, 0.3) is 0 Å². The van der Waals surface area contributed by atoms with Gasteiger partial charge in [0.15, 0.2) is 0 Å². The number of hydrogen-bond acceptors (Lipinski definition) is 3. The largest absolute Gasteiger partial charge is 0.491 e. The highest BCUT2D eigenvalue weighted by atomic mass is 127. The van der Waals surface area contributed by atoms with Crippen molar-refractivity contribution in [2.24, 2.45) is 0 Å². The number of nitrogens with zero attached hydrogens (tertiary/aromatic N) is 1. The van der Waals surface area contributed by atoms with Gasteiger partial charge in [-0.15, -0.1) is 0 Å². The summed E-state index contributed by atoms with van der Waals surface area (Å²) < 4.78 is 6.36. The van der Waals surface area contributed by atoms with Crippen molar-refractivity contribution in [1.29, 1.82) is 0 Å². The Balaban J connectivity index is 2.64. The first-order chi connectivity index (χ1) is 7.50. The quantitative estimate of drug-likeness (QED) is 0.836. The van der Waals surface area contributed by atoms with E-state index in [1.54, 1.807) is 18.2 Å². The highest BCUT2D eigenvalue weighted by Gasteiger charge is 2.07. The Morgan fingerprint density at radius 1 is 1.50 bits per heavy atom. The molecule has 0 saturated heterocycles. The normalized spacial score (nSPS) is 10.5. The number of rotatable bonds is 5. The summed E-state index contributed by atoms with van der Waals surface area (Å²) in [5.41, 5.74) is 0.282. The maximum Gasteiger partial charge on any atom is 0.335 e. The topological polar surface area (TPSA) is 49.8 Å². The Morgan fingerprint density at radius 3 is 2.69 bits per heavy atom. The molecule has 0 spiro atoms. The zero-order valence-electron chi connectivity index (χ0n) is 9.24. The van der Waals surface area contributed by atoms with E-state index in [2.05, 4.69) is 22.6 Å². The molecular weight excluding hydrogens is 321 g/mol. The number of carbonyl (C=O) groups is 1. The summed E-state index contributed by atoms with van der Waals surface area (Å²) >= 11 is 2.07. The number of ether oxygens (including phenoxy) is 1. The highest BCUT2D eigenvalue weighted by Crippen LogP contribution is 2.22. The monoisotopic (exact) mass is 335 g/mol. The number of hydrogen-bond donors (Lipinski definition) is 1. The Labute approximate surface area is 108 Å². The zero-order valence-corrected chi connectivity index (χ0v) is 11.4. The maximum atomic E-state index is 10.7. The standard InChI is InChI=1S/C11H14INO3/c1-13(2)5-6-16-10-4-3-8(11(14)15)7-9(10)12/h3-4,7H,5-6H2,1-2H3,(H,14,15). The summed E-state index contributed by atoms with van der Waals surface area (Å²) in [6, 6.07) is 4.85. The molecule has 0 aliphatic rings. The smallest absolute Gasteiger partial charge is 0.335 e. The number of carboxylic acid groups (broad SMARTS) is 1. The molecule has 0 aromatic heterocycles. The molecule has 4 nitrogen and oxygen atoms in total. The van der Waals surface area contributed by atoms with Crippen molar-refractivity contribution >= 4 is 28.6 Å². The average Bonchev–Trinajstić information content (AvgIpc) is 2.19. The molecule has 0 unspecified atom stereocenters. The lowest BCUT2D eigenvalue weighted by atomic mass is 10.2. The fraction of sp³-hybridized carbons (Fsp3) is 0.364. The van der Waals surface area contributed by atoms with Crippen molar-refractivity contribution in [3.63, 3.8) is 0 Å². The van der Waals surface area contributed by atoms with E-state index in [9.17, 15) is 4.79 Å². The van der Waals surface area contributed by atoms with Gasteiger partial charge in [0, 0.05) is 6.54 Å². The highest BCUT2D eigenvalue weighted by molar-refractivity contribution is 14.1. The molecule has 1 rings (SSSR count). The first-order valence-electron chi connectivity index (χ1n) is 4.81. The number of aromatic carboxylic acids is 1. The van der Waals surface area contributed by atoms with Crippen molar-refractivity contribution in [1.82, 2.24) is 4.90 Å². The Morgan fingerprint density at radius 2 is 2.19 bits per heavy atom. The Kier molecular flexibility index (Phi) is 5.01. The van der Waals surface area contributed by atoms with Crippen LogP contribution in [-0.4, -0.2) is 43.2 Å². The van der Waals surface area contributed by atoms with E-state index in [0.29, 0.717) is 6.61 Å². The number of halogens is 1. The van der Waals surface area contributed by atoms with E-state index in [0.717, 1.165) is 15.9 Å². The van der Waals surface area contributed by atoms with Crippen LogP contribution in [0.3, 0.4) is 0 Å². The molecule has 5 heteroatoms. The molecule has 0 aliphatic heterocycles. The van der Waals surface area contributed by atoms with Gasteiger partial charge in [-0.3, -0.25) is 0 Å². The SMILES string of the molecule is CN(C)CCOc1ccc(C(=O)O)cc1I. The van der Waals surface area contributed by atoms with Gasteiger partial charge in [-0.2, -0.15) is 0 Å². The Hall–Kier alpha value is -0.820. The van der Waals surface area contributed by atoms with Crippen LogP contribution >= 0.6 is 22.6 Å². The molecule has 1 N–H and O–H groups in total. The lowest BCUT2D eigenvalue weighted by Crippen LogP contribution is -2.19. The lowest BCUT2D eigenvalue weighted by molar-refractivity contribution is 0.0697. The fourth-order valence-electron chi connectivity index (χ4n) is 1.09. The zero-order chi connectivity index (χ0) is 12.1. The summed E-state index contributed by atoms with van der Waals surface area (Å²) in [6.07, 6.45) is 0. The minimum Gasteiger partial charge on any atom is -0.491 e. The van der Waals surface area contributed by atoms with Crippen LogP contribution in [0.15, 0.2) is 18.2 Å². The van der Waals surface area contributed by atoms with Crippen molar-refractivity contribution in [2.45, 2.75) is 0 Å². The molecule has 0 radical (unpaired) electrons. The average molecular weight is 335 g/mol. The fourth-order valence-corrected chi connectivity index (χ4v) is 1.76. The van der Waals surface area contributed by atoms with Crippen LogP contribution < -0.4 is 4.74 Å². The number of benzene rings is 1. The van der Waals surface area contributed by atoms with E-state index >= 15 is 0 Å². The van der Waals surface area contributed by atoms with E-state index < -0.39 is 5.97 Å². The van der Waals surface area contributed by atoms with Crippen molar-refractivity contribution < 1.29 is 14.6 Å². The Bertz CT molecular complexity index is 379. The van der Waals surface area contributed by atoms with Gasteiger partial charge in [0.1, 0.15) is 12.4 Å². The lowest BCUT2D eigenvalue weighted by Gasteiger charge is -2.12. The first-order valence-corrected chi connectivity index (χ1v) is 5.89. The molecule has 0 saturated carbocycles. The molecule has 0 amide bonds. The summed E-state index contributed by atoms with van der Waals surface area (Å²) in [5.74, 6) is -0.190. The molecule has 0 aliphatic carbocycles. The third kappa shape index (κ3) is 3.97. The summed E-state index contributed by atoms with van der Waals surface area (Å²) in [6.45, 7) is 1.42.